The van der Waals surface area contributed by atoms with Crippen molar-refractivity contribution in [3.63, 3.8) is 0 Å². The Kier molecular flexibility index (Phi) is 6.47. The highest BCUT2D eigenvalue weighted by atomic mass is 32.2. The summed E-state index contributed by atoms with van der Waals surface area (Å²) in [5.41, 5.74) is 0. The first-order chi connectivity index (χ1) is 11.6. The van der Waals surface area contributed by atoms with Crippen LogP contribution in [-0.4, -0.2) is 64.0 Å². The number of rotatable bonds is 6. The Labute approximate surface area is 146 Å². The zero-order valence-corrected chi connectivity index (χ0v) is 15.4. The first-order valence-electron chi connectivity index (χ1n) is 8.18. The Morgan fingerprint density at radius 1 is 1.04 bits per heavy atom. The van der Waals surface area contributed by atoms with Crippen LogP contribution in [-0.2, 0) is 10.0 Å². The summed E-state index contributed by atoms with van der Waals surface area (Å²) in [7, 11) is -2.25. The van der Waals surface area contributed by atoms with Crippen LogP contribution in [0.15, 0.2) is 17.0 Å². The van der Waals surface area contributed by atoms with Crippen molar-refractivity contribution >= 4 is 10.0 Å². The van der Waals surface area contributed by atoms with Gasteiger partial charge in [0.25, 0.3) is 0 Å². The summed E-state index contributed by atoms with van der Waals surface area (Å²) in [5.74, 6) is -3.97. The summed E-state index contributed by atoms with van der Waals surface area (Å²) < 4.78 is 67.0. The third kappa shape index (κ3) is 4.93. The molecule has 1 aromatic rings. The maximum Gasteiger partial charge on any atom is 0.243 e. The molecule has 9 heteroatoms. The van der Waals surface area contributed by atoms with Crippen molar-refractivity contribution in [2.24, 2.45) is 5.92 Å². The molecule has 0 amide bonds. The van der Waals surface area contributed by atoms with Gasteiger partial charge in [-0.15, -0.1) is 0 Å². The van der Waals surface area contributed by atoms with E-state index in [1.54, 1.807) is 0 Å². The van der Waals surface area contributed by atoms with Crippen molar-refractivity contribution in [2.45, 2.75) is 24.8 Å². The van der Waals surface area contributed by atoms with Crippen LogP contribution in [0.4, 0.5) is 13.2 Å². The molecule has 0 aromatic heterocycles. The fraction of sp³-hybridized carbons (Fsp3) is 0.625. The number of piperazine rings is 1. The van der Waals surface area contributed by atoms with E-state index in [1.165, 1.54) is 0 Å². The number of nitrogens with one attached hydrogen (secondary N) is 1. The van der Waals surface area contributed by atoms with E-state index in [0.717, 1.165) is 26.2 Å². The molecule has 1 heterocycles. The molecule has 0 spiro atoms. The Morgan fingerprint density at radius 2 is 1.60 bits per heavy atom. The fourth-order valence-corrected chi connectivity index (χ4v) is 4.04. The number of halogens is 3. The van der Waals surface area contributed by atoms with Crippen LogP contribution in [0.25, 0.3) is 0 Å². The monoisotopic (exact) mass is 379 g/mol. The summed E-state index contributed by atoms with van der Waals surface area (Å²) in [6, 6.07) is 0.536. The van der Waals surface area contributed by atoms with Gasteiger partial charge in [0.1, 0.15) is 10.7 Å². The first-order valence-corrected chi connectivity index (χ1v) is 9.67. The van der Waals surface area contributed by atoms with Crippen molar-refractivity contribution in [1.29, 1.82) is 0 Å². The first kappa shape index (κ1) is 20.2. The smallest absolute Gasteiger partial charge is 0.243 e. The van der Waals surface area contributed by atoms with Gasteiger partial charge in [-0.1, -0.05) is 13.8 Å². The van der Waals surface area contributed by atoms with Crippen molar-refractivity contribution < 1.29 is 21.6 Å². The van der Waals surface area contributed by atoms with Crippen molar-refractivity contribution in [3.05, 3.63) is 29.6 Å². The van der Waals surface area contributed by atoms with Crippen molar-refractivity contribution in [3.8, 4) is 0 Å². The molecule has 0 bridgehead atoms. The van der Waals surface area contributed by atoms with Crippen LogP contribution >= 0.6 is 0 Å². The van der Waals surface area contributed by atoms with Gasteiger partial charge < -0.3 is 4.90 Å². The van der Waals surface area contributed by atoms with Gasteiger partial charge in [-0.05, 0) is 19.0 Å². The molecule has 1 aromatic carbocycles. The number of hydrogen-bond donors (Lipinski definition) is 1. The molecule has 25 heavy (non-hydrogen) atoms. The van der Waals surface area contributed by atoms with E-state index < -0.39 is 32.4 Å². The third-order valence-corrected chi connectivity index (χ3v) is 5.96. The maximum atomic E-state index is 13.8. The largest absolute Gasteiger partial charge is 0.304 e. The molecular weight excluding hydrogens is 355 g/mol. The average Bonchev–Trinajstić information content (AvgIpc) is 2.52. The zero-order chi connectivity index (χ0) is 18.8. The van der Waals surface area contributed by atoms with E-state index in [2.05, 4.69) is 14.5 Å². The van der Waals surface area contributed by atoms with Crippen LogP contribution < -0.4 is 4.72 Å². The van der Waals surface area contributed by atoms with Crippen molar-refractivity contribution in [1.82, 2.24) is 14.5 Å². The van der Waals surface area contributed by atoms with E-state index in [1.807, 2.05) is 20.9 Å². The Balaban J connectivity index is 2.12. The van der Waals surface area contributed by atoms with Gasteiger partial charge in [0.15, 0.2) is 11.6 Å². The lowest BCUT2D eigenvalue weighted by molar-refractivity contribution is 0.0905. The molecule has 0 saturated carbocycles. The summed E-state index contributed by atoms with van der Waals surface area (Å²) in [5, 5.41) is 0. The van der Waals surface area contributed by atoms with Gasteiger partial charge in [-0.3, -0.25) is 4.90 Å². The molecule has 2 rings (SSSR count). The standard InChI is InChI=1S/C16H24F3N3O2S/c1-11(2)15(22-6-4-21(3)5-7-22)10-20-25(23,24)16-9-13(18)12(17)8-14(16)19/h8-9,11,15,20H,4-7,10H2,1-3H3. The van der Waals surface area contributed by atoms with Crippen LogP contribution in [0.5, 0.6) is 0 Å². The minimum atomic E-state index is -4.28. The van der Waals surface area contributed by atoms with Crippen LogP contribution in [0.2, 0.25) is 0 Å². The van der Waals surface area contributed by atoms with Crippen LogP contribution in [0.3, 0.4) is 0 Å². The molecule has 1 unspecified atom stereocenters. The number of likely N-dealkylation sites (N-methyl/N-ethyl adjacent to an activating group) is 1. The van der Waals surface area contributed by atoms with E-state index in [0.29, 0.717) is 6.07 Å². The maximum absolute atomic E-state index is 13.8. The molecule has 1 aliphatic heterocycles. The minimum Gasteiger partial charge on any atom is -0.304 e. The molecule has 1 fully saturated rings. The molecular formula is C16H24F3N3O2S. The molecule has 0 aliphatic carbocycles. The zero-order valence-electron chi connectivity index (χ0n) is 14.6. The summed E-state index contributed by atoms with van der Waals surface area (Å²) in [6.45, 7) is 7.41. The SMILES string of the molecule is CC(C)C(CNS(=O)(=O)c1cc(F)c(F)cc1F)N1CCN(C)CC1. The van der Waals surface area contributed by atoms with Gasteiger partial charge in [0.2, 0.25) is 10.0 Å². The summed E-state index contributed by atoms with van der Waals surface area (Å²) in [6.07, 6.45) is 0. The lowest BCUT2D eigenvalue weighted by Gasteiger charge is -2.39. The second-order valence-corrected chi connectivity index (χ2v) is 8.43. The van der Waals surface area contributed by atoms with Gasteiger partial charge in [0, 0.05) is 44.8 Å². The van der Waals surface area contributed by atoms with Gasteiger partial charge in [-0.25, -0.2) is 26.3 Å². The van der Waals surface area contributed by atoms with Gasteiger partial charge >= 0.3 is 0 Å². The third-order valence-electron chi connectivity index (χ3n) is 4.52. The van der Waals surface area contributed by atoms with Crippen LogP contribution in [0, 0.1) is 23.4 Å². The highest BCUT2D eigenvalue weighted by molar-refractivity contribution is 7.89. The number of benzene rings is 1. The van der Waals surface area contributed by atoms with Gasteiger partial charge in [0.05, 0.1) is 0 Å². The quantitative estimate of drug-likeness (QED) is 0.764. The molecule has 1 saturated heterocycles. The topological polar surface area (TPSA) is 52.7 Å². The number of sulfonamides is 1. The predicted octanol–water partition coefficient (Wildman–Crippen LogP) is 1.65. The normalized spacial score (nSPS) is 18.7. The second-order valence-electron chi connectivity index (χ2n) is 6.70. The molecule has 1 N–H and O–H groups in total. The molecule has 1 aliphatic rings. The highest BCUT2D eigenvalue weighted by Crippen LogP contribution is 2.19. The van der Waals surface area contributed by atoms with Gasteiger partial charge in [-0.2, -0.15) is 0 Å². The Morgan fingerprint density at radius 3 is 2.16 bits per heavy atom. The van der Waals surface area contributed by atoms with Crippen molar-refractivity contribution in [2.75, 3.05) is 39.8 Å². The molecule has 1 atom stereocenters. The molecule has 0 radical (unpaired) electrons. The van der Waals surface area contributed by atoms with Crippen LogP contribution in [0.1, 0.15) is 13.8 Å². The number of hydrogen-bond acceptors (Lipinski definition) is 4. The fourth-order valence-electron chi connectivity index (χ4n) is 2.92. The lowest BCUT2D eigenvalue weighted by Crippen LogP contribution is -2.54. The lowest BCUT2D eigenvalue weighted by atomic mass is 10.0. The van der Waals surface area contributed by atoms with E-state index in [4.69, 9.17) is 0 Å². The second kappa shape index (κ2) is 8.03. The minimum absolute atomic E-state index is 0.0716. The number of nitrogens with zero attached hydrogens (tertiary/aromatic N) is 2. The predicted molar refractivity (Wildman–Crippen MR) is 89.2 cm³/mol. The Bertz CT molecular complexity index is 705. The highest BCUT2D eigenvalue weighted by Gasteiger charge is 2.28. The van der Waals surface area contributed by atoms with E-state index in [9.17, 15) is 21.6 Å². The summed E-state index contributed by atoms with van der Waals surface area (Å²) in [4.78, 5) is 3.50. The average molecular weight is 379 g/mol. The van der Waals surface area contributed by atoms with E-state index in [-0.39, 0.29) is 24.6 Å². The summed E-state index contributed by atoms with van der Waals surface area (Å²) >= 11 is 0. The molecule has 142 valence electrons. The van der Waals surface area contributed by atoms with E-state index >= 15 is 0 Å². The molecule has 5 nitrogen and oxygen atoms in total. The Hall–Kier alpha value is -1.16.